The molecule has 0 aliphatic rings. The van der Waals surface area contributed by atoms with Gasteiger partial charge in [-0.1, -0.05) is 64.5 Å². The van der Waals surface area contributed by atoms with Crippen molar-refractivity contribution in [2.45, 2.75) is 11.3 Å². The summed E-state index contributed by atoms with van der Waals surface area (Å²) in [6.07, 6.45) is 2.16. The van der Waals surface area contributed by atoms with Crippen LogP contribution >= 0.6 is 15.9 Å². The van der Waals surface area contributed by atoms with E-state index in [0.29, 0.717) is 23.5 Å². The molecule has 4 rings (SSSR count). The predicted molar refractivity (Wildman–Crippen MR) is 166 cm³/mol. The molecule has 216 valence electrons. The van der Waals surface area contributed by atoms with Crippen LogP contribution in [0.1, 0.15) is 11.1 Å². The highest BCUT2D eigenvalue weighted by atomic mass is 79.9. The Morgan fingerprint density at radius 2 is 1.48 bits per heavy atom. The number of amides is 2. The van der Waals surface area contributed by atoms with Gasteiger partial charge in [-0.15, -0.1) is 0 Å². The number of hydrogen-bond donors (Lipinski definition) is 2. The van der Waals surface area contributed by atoms with Crippen molar-refractivity contribution in [3.63, 3.8) is 0 Å². The molecule has 0 radical (unpaired) electrons. The van der Waals surface area contributed by atoms with E-state index in [1.54, 1.807) is 66.7 Å². The maximum Gasteiger partial charge on any atom is 0.264 e. The molecule has 0 heterocycles. The highest BCUT2D eigenvalue weighted by Gasteiger charge is 2.27. The Hall–Kier alpha value is -4.48. The Balaban J connectivity index is 1.28. The summed E-state index contributed by atoms with van der Waals surface area (Å²) in [5, 5.41) is 6.79. The molecule has 4 aromatic rings. The molecule has 0 atom stereocenters. The first kappa shape index (κ1) is 30.5. The zero-order chi connectivity index (χ0) is 29.8. The monoisotopic (exact) mass is 648 g/mol. The van der Waals surface area contributed by atoms with Crippen molar-refractivity contribution in [1.29, 1.82) is 0 Å². The topological polar surface area (TPSA) is 117 Å². The van der Waals surface area contributed by atoms with Crippen molar-refractivity contribution in [2.24, 2.45) is 5.10 Å². The van der Waals surface area contributed by atoms with Gasteiger partial charge in [-0.2, -0.15) is 5.10 Å². The number of nitrogens with one attached hydrogen (secondary N) is 2. The van der Waals surface area contributed by atoms with E-state index >= 15 is 0 Å². The highest BCUT2D eigenvalue weighted by molar-refractivity contribution is 9.10. The number of carbonyl (C=O) groups is 2. The molecule has 0 bridgehead atoms. The molecule has 42 heavy (non-hydrogen) atoms. The number of hydrogen-bond acceptors (Lipinski definition) is 6. The molecular weight excluding hydrogens is 620 g/mol. The average Bonchev–Trinajstić information content (AvgIpc) is 3.01. The van der Waals surface area contributed by atoms with Crippen molar-refractivity contribution in [2.75, 3.05) is 24.0 Å². The van der Waals surface area contributed by atoms with Gasteiger partial charge in [-0.3, -0.25) is 13.9 Å². The van der Waals surface area contributed by atoms with E-state index in [0.717, 1.165) is 20.8 Å². The molecule has 0 fully saturated rings. The van der Waals surface area contributed by atoms with Crippen molar-refractivity contribution in [3.8, 4) is 5.75 Å². The normalized spacial score (nSPS) is 11.2. The minimum Gasteiger partial charge on any atom is -0.484 e. The molecule has 0 aliphatic heterocycles. The van der Waals surface area contributed by atoms with Crippen molar-refractivity contribution in [1.82, 2.24) is 10.7 Å². The lowest BCUT2D eigenvalue weighted by atomic mass is 10.1. The summed E-state index contributed by atoms with van der Waals surface area (Å²) >= 11 is 3.34. The molecule has 4 aromatic carbocycles. The summed E-state index contributed by atoms with van der Waals surface area (Å²) in [5.41, 5.74) is 4.53. The molecule has 0 saturated heterocycles. The molecule has 0 unspecified atom stereocenters. The lowest BCUT2D eigenvalue weighted by Gasteiger charge is -2.23. The maximum atomic E-state index is 13.3. The quantitative estimate of drug-likeness (QED) is 0.163. The van der Waals surface area contributed by atoms with Crippen molar-refractivity contribution < 1.29 is 22.7 Å². The number of benzene rings is 4. The third kappa shape index (κ3) is 9.02. The minimum absolute atomic E-state index is 0.0659. The Morgan fingerprint density at radius 3 is 2.14 bits per heavy atom. The van der Waals surface area contributed by atoms with Gasteiger partial charge in [0.05, 0.1) is 16.8 Å². The molecule has 11 heteroatoms. The second-order valence-corrected chi connectivity index (χ2v) is 11.8. The third-order valence-corrected chi connectivity index (χ3v) is 8.28. The molecule has 0 spiro atoms. The summed E-state index contributed by atoms with van der Waals surface area (Å²) in [7, 11) is -4.01. The van der Waals surface area contributed by atoms with Crippen LogP contribution in [0.3, 0.4) is 0 Å². The van der Waals surface area contributed by atoms with Gasteiger partial charge in [0, 0.05) is 11.0 Å². The van der Waals surface area contributed by atoms with E-state index in [9.17, 15) is 18.0 Å². The Bertz CT molecular complexity index is 1600. The van der Waals surface area contributed by atoms with Crippen LogP contribution in [-0.2, 0) is 26.0 Å². The van der Waals surface area contributed by atoms with Gasteiger partial charge >= 0.3 is 0 Å². The lowest BCUT2D eigenvalue weighted by Crippen LogP contribution is -2.39. The number of anilines is 1. The average molecular weight is 650 g/mol. The lowest BCUT2D eigenvalue weighted by molar-refractivity contribution is -0.123. The van der Waals surface area contributed by atoms with E-state index < -0.39 is 22.5 Å². The number of carbonyl (C=O) groups excluding carboxylic acids is 2. The van der Waals surface area contributed by atoms with E-state index in [4.69, 9.17) is 4.74 Å². The number of sulfonamides is 1. The number of halogens is 1. The van der Waals surface area contributed by atoms with Crippen LogP contribution in [0.5, 0.6) is 5.75 Å². The van der Waals surface area contributed by atoms with Crippen LogP contribution in [0, 0.1) is 0 Å². The van der Waals surface area contributed by atoms with Gasteiger partial charge < -0.3 is 10.1 Å². The maximum absolute atomic E-state index is 13.3. The highest BCUT2D eigenvalue weighted by Crippen LogP contribution is 2.25. The number of rotatable bonds is 13. The van der Waals surface area contributed by atoms with Crippen molar-refractivity contribution in [3.05, 3.63) is 125 Å². The fourth-order valence-corrected chi connectivity index (χ4v) is 5.53. The molecule has 0 saturated carbocycles. The second-order valence-electron chi connectivity index (χ2n) is 9.04. The summed E-state index contributed by atoms with van der Waals surface area (Å²) in [4.78, 5) is 24.9. The second kappa shape index (κ2) is 14.9. The van der Waals surface area contributed by atoms with Crippen LogP contribution in [-0.4, -0.2) is 46.1 Å². The molecule has 0 aliphatic carbocycles. The van der Waals surface area contributed by atoms with E-state index in [2.05, 4.69) is 31.8 Å². The third-order valence-electron chi connectivity index (χ3n) is 5.96. The van der Waals surface area contributed by atoms with Gasteiger partial charge in [0.1, 0.15) is 12.3 Å². The fourth-order valence-electron chi connectivity index (χ4n) is 3.83. The Labute approximate surface area is 253 Å². The van der Waals surface area contributed by atoms with E-state index in [1.807, 2.05) is 30.3 Å². The summed E-state index contributed by atoms with van der Waals surface area (Å²) in [6.45, 7) is -0.0676. The summed E-state index contributed by atoms with van der Waals surface area (Å²) in [5.74, 6) is -0.330. The van der Waals surface area contributed by atoms with Gasteiger partial charge in [0.2, 0.25) is 0 Å². The van der Waals surface area contributed by atoms with Crippen LogP contribution < -0.4 is 19.8 Å². The van der Waals surface area contributed by atoms with E-state index in [-0.39, 0.29) is 17.4 Å². The number of ether oxygens (including phenoxy) is 1. The summed E-state index contributed by atoms with van der Waals surface area (Å²) in [6, 6.07) is 31.2. The fraction of sp³-hybridized carbons (Fsp3) is 0.129. The molecule has 2 amide bonds. The first-order valence-electron chi connectivity index (χ1n) is 13.0. The first-order chi connectivity index (χ1) is 20.3. The smallest absolute Gasteiger partial charge is 0.264 e. The first-order valence-corrected chi connectivity index (χ1v) is 15.2. The van der Waals surface area contributed by atoms with Gasteiger partial charge in [0.15, 0.2) is 6.61 Å². The zero-order valence-corrected chi connectivity index (χ0v) is 24.9. The summed E-state index contributed by atoms with van der Waals surface area (Å²) < 4.78 is 34.0. The van der Waals surface area contributed by atoms with Crippen LogP contribution in [0.15, 0.2) is 124 Å². The van der Waals surface area contributed by atoms with Crippen LogP contribution in [0.25, 0.3) is 0 Å². The van der Waals surface area contributed by atoms with E-state index in [1.165, 1.54) is 18.3 Å². The number of hydrazone groups is 1. The Morgan fingerprint density at radius 1 is 0.833 bits per heavy atom. The molecule has 2 N–H and O–H groups in total. The molecule has 9 nitrogen and oxygen atoms in total. The zero-order valence-electron chi connectivity index (χ0n) is 22.5. The molecular formula is C31H29BrN4O5S. The van der Waals surface area contributed by atoms with Crippen LogP contribution in [0.2, 0.25) is 0 Å². The SMILES string of the molecule is O=C(COc1ccc(/C=N\NC(=O)CN(c2ccc(Br)cc2)S(=O)(=O)c2ccccc2)cc1)NCCc1ccccc1. The minimum atomic E-state index is -4.01. The molecule has 0 aromatic heterocycles. The predicted octanol–water partition coefficient (Wildman–Crippen LogP) is 4.53. The standard InChI is InChI=1S/C31H29BrN4O5S/c32-26-13-15-27(16-14-26)36(42(39,40)29-9-5-2-6-10-29)22-30(37)35-34-21-25-11-17-28(18-12-25)41-23-31(38)33-20-19-24-7-3-1-4-8-24/h1-18,21H,19-20,22-23H2,(H,33,38)(H,35,37)/b34-21-. The Kier molecular flexibility index (Phi) is 10.8. The van der Waals surface area contributed by atoms with Crippen molar-refractivity contribution >= 4 is 49.7 Å². The van der Waals surface area contributed by atoms with Gasteiger partial charge in [-0.05, 0) is 78.2 Å². The van der Waals surface area contributed by atoms with Gasteiger partial charge in [0.25, 0.3) is 21.8 Å². The largest absolute Gasteiger partial charge is 0.484 e. The van der Waals surface area contributed by atoms with Gasteiger partial charge in [-0.25, -0.2) is 13.8 Å². The number of nitrogens with zero attached hydrogens (tertiary/aromatic N) is 2. The van der Waals surface area contributed by atoms with Crippen LogP contribution in [0.4, 0.5) is 5.69 Å².